The van der Waals surface area contributed by atoms with Crippen LogP contribution < -0.4 is 10.3 Å². The van der Waals surface area contributed by atoms with E-state index in [1.807, 2.05) is 36.6 Å². The fraction of sp³-hybridized carbons (Fsp3) is 0.278. The molecule has 0 bridgehead atoms. The minimum atomic E-state index is -0.307. The van der Waals surface area contributed by atoms with Gasteiger partial charge in [0.1, 0.15) is 10.6 Å². The molecule has 0 spiro atoms. The summed E-state index contributed by atoms with van der Waals surface area (Å²) in [6, 6.07) is 7.64. The van der Waals surface area contributed by atoms with Crippen molar-refractivity contribution in [1.29, 1.82) is 0 Å². The predicted octanol–water partition coefficient (Wildman–Crippen LogP) is 3.89. The molecule has 6 nitrogen and oxygen atoms in total. The van der Waals surface area contributed by atoms with Gasteiger partial charge in [0.05, 0.1) is 18.2 Å². The highest BCUT2D eigenvalue weighted by Gasteiger charge is 2.25. The predicted molar refractivity (Wildman–Crippen MR) is 98.4 cm³/mol. The lowest BCUT2D eigenvalue weighted by atomic mass is 10.1. The zero-order valence-electron chi connectivity index (χ0n) is 13.9. The van der Waals surface area contributed by atoms with Gasteiger partial charge in [0.15, 0.2) is 11.9 Å². The number of oxime groups is 1. The summed E-state index contributed by atoms with van der Waals surface area (Å²) in [4.78, 5) is 26.3. The smallest absolute Gasteiger partial charge is 0.260 e. The van der Waals surface area contributed by atoms with E-state index in [1.54, 1.807) is 7.11 Å². The van der Waals surface area contributed by atoms with Gasteiger partial charge in [0, 0.05) is 17.4 Å². The number of hydrogen-bond acceptors (Lipinski definition) is 6. The molecule has 0 radical (unpaired) electrons. The first-order chi connectivity index (χ1) is 12.2. The molecular weight excluding hydrogens is 338 g/mol. The van der Waals surface area contributed by atoms with Crippen LogP contribution in [-0.4, -0.2) is 22.8 Å². The number of thiophene rings is 1. The number of fused-ring (bicyclic) bond motifs is 1. The van der Waals surface area contributed by atoms with Crippen molar-refractivity contribution in [3.63, 3.8) is 0 Å². The normalized spacial score (nSPS) is 16.7. The fourth-order valence-corrected chi connectivity index (χ4v) is 3.84. The van der Waals surface area contributed by atoms with E-state index in [-0.39, 0.29) is 11.7 Å². The first kappa shape index (κ1) is 15.8. The van der Waals surface area contributed by atoms with E-state index in [0.29, 0.717) is 22.5 Å². The van der Waals surface area contributed by atoms with E-state index in [2.05, 4.69) is 15.1 Å². The third kappa shape index (κ3) is 2.80. The standard InChI is InChI=1S/C18H17N3O3S/c1-3-11-8-14(24-21-11)16-19-17(22)15-13(9-25-18(15)20-16)10-4-6-12(23-2)7-5-10/h4-7,9,14H,3,8H2,1-2H3,(H,19,20,22). The summed E-state index contributed by atoms with van der Waals surface area (Å²) in [5.41, 5.74) is 2.67. The van der Waals surface area contributed by atoms with Crippen LogP contribution in [0.15, 0.2) is 39.6 Å². The molecule has 25 heavy (non-hydrogen) atoms. The van der Waals surface area contributed by atoms with Crippen LogP contribution in [0.3, 0.4) is 0 Å². The van der Waals surface area contributed by atoms with Crippen molar-refractivity contribution in [2.24, 2.45) is 5.16 Å². The zero-order chi connectivity index (χ0) is 17.4. The molecule has 1 aromatic carbocycles. The molecule has 0 saturated carbocycles. The van der Waals surface area contributed by atoms with Gasteiger partial charge in [-0.05, 0) is 24.1 Å². The molecule has 128 valence electrons. The lowest BCUT2D eigenvalue weighted by molar-refractivity contribution is 0.0792. The summed E-state index contributed by atoms with van der Waals surface area (Å²) >= 11 is 1.46. The number of aromatic amines is 1. The monoisotopic (exact) mass is 355 g/mol. The fourth-order valence-electron chi connectivity index (χ4n) is 2.88. The number of aromatic nitrogens is 2. The third-order valence-corrected chi connectivity index (χ3v) is 5.18. The molecule has 1 atom stereocenters. The first-order valence-corrected chi connectivity index (χ1v) is 8.95. The van der Waals surface area contributed by atoms with E-state index in [9.17, 15) is 4.79 Å². The lowest BCUT2D eigenvalue weighted by Gasteiger charge is -2.07. The molecule has 1 unspecified atom stereocenters. The Morgan fingerprint density at radius 2 is 2.16 bits per heavy atom. The summed E-state index contributed by atoms with van der Waals surface area (Å²) in [5, 5.41) is 6.60. The second-order valence-corrected chi connectivity index (χ2v) is 6.68. The van der Waals surface area contributed by atoms with Crippen molar-refractivity contribution >= 4 is 27.3 Å². The largest absolute Gasteiger partial charge is 0.497 e. The summed E-state index contributed by atoms with van der Waals surface area (Å²) < 4.78 is 5.19. The molecule has 1 aliphatic heterocycles. The Bertz CT molecular complexity index is 1000. The Morgan fingerprint density at radius 3 is 2.84 bits per heavy atom. The van der Waals surface area contributed by atoms with E-state index >= 15 is 0 Å². The molecule has 0 amide bonds. The summed E-state index contributed by atoms with van der Waals surface area (Å²) in [6.07, 6.45) is 1.20. The number of nitrogens with zero attached hydrogens (tertiary/aromatic N) is 2. The number of ether oxygens (including phenoxy) is 1. The Morgan fingerprint density at radius 1 is 1.36 bits per heavy atom. The maximum Gasteiger partial charge on any atom is 0.260 e. The van der Waals surface area contributed by atoms with Crippen LogP contribution in [0, 0.1) is 0 Å². The van der Waals surface area contributed by atoms with Crippen molar-refractivity contribution in [1.82, 2.24) is 9.97 Å². The molecule has 1 aliphatic rings. The van der Waals surface area contributed by atoms with Crippen LogP contribution in [-0.2, 0) is 4.84 Å². The highest BCUT2D eigenvalue weighted by Crippen LogP contribution is 2.33. The second-order valence-electron chi connectivity index (χ2n) is 5.82. The van der Waals surface area contributed by atoms with E-state index in [0.717, 1.165) is 29.0 Å². The van der Waals surface area contributed by atoms with Crippen molar-refractivity contribution < 1.29 is 9.57 Å². The van der Waals surface area contributed by atoms with Crippen LogP contribution in [0.1, 0.15) is 31.7 Å². The molecule has 2 aromatic heterocycles. The van der Waals surface area contributed by atoms with Crippen LogP contribution in [0.4, 0.5) is 0 Å². The zero-order valence-corrected chi connectivity index (χ0v) is 14.7. The molecule has 4 rings (SSSR count). The van der Waals surface area contributed by atoms with Gasteiger partial charge in [-0.1, -0.05) is 24.2 Å². The molecule has 0 aliphatic carbocycles. The van der Waals surface area contributed by atoms with Gasteiger partial charge in [-0.25, -0.2) is 4.98 Å². The van der Waals surface area contributed by atoms with Gasteiger partial charge in [0.2, 0.25) is 0 Å². The lowest BCUT2D eigenvalue weighted by Crippen LogP contribution is -2.14. The number of hydrogen-bond donors (Lipinski definition) is 1. The Kier molecular flexibility index (Phi) is 4.01. The molecule has 1 N–H and O–H groups in total. The average Bonchev–Trinajstić information content (AvgIpc) is 3.29. The SMILES string of the molecule is CCC1=NOC(c2nc3scc(-c4ccc(OC)cc4)c3c(=O)[nH]2)C1. The Labute approximate surface area is 148 Å². The van der Waals surface area contributed by atoms with Crippen LogP contribution in [0.5, 0.6) is 5.75 Å². The number of benzene rings is 1. The number of nitrogens with one attached hydrogen (secondary N) is 1. The van der Waals surface area contributed by atoms with Crippen molar-refractivity contribution in [2.45, 2.75) is 25.9 Å². The van der Waals surface area contributed by atoms with Gasteiger partial charge in [-0.3, -0.25) is 4.79 Å². The highest BCUT2D eigenvalue weighted by molar-refractivity contribution is 7.17. The van der Waals surface area contributed by atoms with E-state index in [1.165, 1.54) is 11.3 Å². The molecule has 3 aromatic rings. The van der Waals surface area contributed by atoms with Crippen molar-refractivity contribution in [2.75, 3.05) is 7.11 Å². The van der Waals surface area contributed by atoms with Gasteiger partial charge in [-0.15, -0.1) is 11.3 Å². The van der Waals surface area contributed by atoms with Gasteiger partial charge in [0.25, 0.3) is 5.56 Å². The topological polar surface area (TPSA) is 76.6 Å². The molecule has 3 heterocycles. The summed E-state index contributed by atoms with van der Waals surface area (Å²) in [5.74, 6) is 1.32. The first-order valence-electron chi connectivity index (χ1n) is 8.07. The van der Waals surface area contributed by atoms with Gasteiger partial charge < -0.3 is 14.6 Å². The van der Waals surface area contributed by atoms with Crippen LogP contribution in [0.2, 0.25) is 0 Å². The van der Waals surface area contributed by atoms with Crippen LogP contribution >= 0.6 is 11.3 Å². The number of rotatable bonds is 4. The Balaban J connectivity index is 1.73. The molecule has 0 fully saturated rings. The summed E-state index contributed by atoms with van der Waals surface area (Å²) in [7, 11) is 1.63. The minimum Gasteiger partial charge on any atom is -0.497 e. The Hall–Kier alpha value is -2.67. The van der Waals surface area contributed by atoms with Gasteiger partial charge in [-0.2, -0.15) is 0 Å². The van der Waals surface area contributed by atoms with Crippen molar-refractivity contribution in [3.05, 3.63) is 45.8 Å². The molecule has 0 saturated heterocycles. The number of methoxy groups -OCH3 is 1. The quantitative estimate of drug-likeness (QED) is 0.770. The molecular formula is C18H17N3O3S. The highest BCUT2D eigenvalue weighted by atomic mass is 32.1. The minimum absolute atomic E-state index is 0.152. The maximum atomic E-state index is 12.7. The number of H-pyrrole nitrogens is 1. The molecule has 7 heteroatoms. The van der Waals surface area contributed by atoms with E-state index in [4.69, 9.17) is 9.57 Å². The van der Waals surface area contributed by atoms with Crippen LogP contribution in [0.25, 0.3) is 21.3 Å². The maximum absolute atomic E-state index is 12.7. The second kappa shape index (κ2) is 6.33. The average molecular weight is 355 g/mol. The van der Waals surface area contributed by atoms with E-state index < -0.39 is 0 Å². The third-order valence-electron chi connectivity index (χ3n) is 4.31. The van der Waals surface area contributed by atoms with Crippen molar-refractivity contribution in [3.8, 4) is 16.9 Å². The van der Waals surface area contributed by atoms with Gasteiger partial charge >= 0.3 is 0 Å². The summed E-state index contributed by atoms with van der Waals surface area (Å²) in [6.45, 7) is 2.03.